The van der Waals surface area contributed by atoms with Crippen molar-refractivity contribution in [2.24, 2.45) is 4.99 Å². The lowest BCUT2D eigenvalue weighted by molar-refractivity contribution is -0.120. The predicted octanol–water partition coefficient (Wildman–Crippen LogP) is 2.06. The van der Waals surface area contributed by atoms with E-state index in [1.807, 2.05) is 6.07 Å². The summed E-state index contributed by atoms with van der Waals surface area (Å²) in [6.45, 7) is 4.74. The third-order valence-corrected chi connectivity index (χ3v) is 4.39. The van der Waals surface area contributed by atoms with Crippen LogP contribution >= 0.6 is 11.3 Å². The van der Waals surface area contributed by atoms with Crippen LogP contribution in [0.3, 0.4) is 0 Å². The molecule has 2 heterocycles. The van der Waals surface area contributed by atoms with Gasteiger partial charge in [0.15, 0.2) is 5.96 Å². The van der Waals surface area contributed by atoms with E-state index in [1.54, 1.807) is 30.7 Å². The molecule has 2 rings (SSSR count). The van der Waals surface area contributed by atoms with Gasteiger partial charge in [-0.15, -0.1) is 11.3 Å². The van der Waals surface area contributed by atoms with Crippen molar-refractivity contribution in [1.29, 1.82) is 0 Å². The van der Waals surface area contributed by atoms with Crippen LogP contribution in [0.4, 0.5) is 0 Å². The van der Waals surface area contributed by atoms with E-state index in [1.165, 1.54) is 9.75 Å². The van der Waals surface area contributed by atoms with E-state index < -0.39 is 0 Å². The van der Waals surface area contributed by atoms with Gasteiger partial charge < -0.3 is 20.4 Å². The molecule has 1 amide bonds. The van der Waals surface area contributed by atoms with Crippen LogP contribution in [0, 0.1) is 6.92 Å². The molecule has 0 saturated heterocycles. The molecule has 0 aliphatic heterocycles. The highest BCUT2D eigenvalue weighted by Crippen LogP contribution is 2.16. The van der Waals surface area contributed by atoms with Crippen molar-refractivity contribution >= 4 is 23.2 Å². The van der Waals surface area contributed by atoms with E-state index in [2.05, 4.69) is 46.9 Å². The van der Waals surface area contributed by atoms with E-state index in [4.69, 9.17) is 4.42 Å². The average molecular weight is 348 g/mol. The summed E-state index contributed by atoms with van der Waals surface area (Å²) in [7, 11) is 1.69. The fourth-order valence-electron chi connectivity index (χ4n) is 2.20. The Morgan fingerprint density at radius 3 is 2.79 bits per heavy atom. The van der Waals surface area contributed by atoms with Crippen LogP contribution in [0.15, 0.2) is 39.9 Å². The minimum absolute atomic E-state index is 0.115. The van der Waals surface area contributed by atoms with E-state index >= 15 is 0 Å². The van der Waals surface area contributed by atoms with Crippen LogP contribution in [0.2, 0.25) is 0 Å². The molecule has 1 unspecified atom stereocenters. The second-order valence-electron chi connectivity index (χ2n) is 5.54. The van der Waals surface area contributed by atoms with Gasteiger partial charge in [0.1, 0.15) is 5.76 Å². The highest BCUT2D eigenvalue weighted by Gasteiger charge is 2.09. The van der Waals surface area contributed by atoms with Crippen molar-refractivity contribution in [1.82, 2.24) is 16.0 Å². The molecule has 0 radical (unpaired) electrons. The quantitative estimate of drug-likeness (QED) is 0.529. The lowest BCUT2D eigenvalue weighted by Gasteiger charge is -2.17. The molecule has 0 aromatic carbocycles. The van der Waals surface area contributed by atoms with Gasteiger partial charge in [-0.3, -0.25) is 9.79 Å². The summed E-state index contributed by atoms with van der Waals surface area (Å²) in [5, 5.41) is 9.10. The topological polar surface area (TPSA) is 78.7 Å². The molecule has 2 aromatic heterocycles. The summed E-state index contributed by atoms with van der Waals surface area (Å²) in [5.41, 5.74) is 0. The van der Waals surface area contributed by atoms with Gasteiger partial charge in [-0.1, -0.05) is 0 Å². The van der Waals surface area contributed by atoms with Gasteiger partial charge in [0.2, 0.25) is 5.91 Å². The maximum absolute atomic E-state index is 11.8. The molecule has 0 aliphatic rings. The summed E-state index contributed by atoms with van der Waals surface area (Å²) in [6, 6.07) is 8.12. The zero-order valence-electron chi connectivity index (χ0n) is 14.3. The number of rotatable bonds is 7. The minimum atomic E-state index is -0.115. The van der Waals surface area contributed by atoms with E-state index in [9.17, 15) is 4.79 Å². The number of hydrogen-bond acceptors (Lipinski definition) is 4. The third kappa shape index (κ3) is 6.08. The first kappa shape index (κ1) is 18.1. The van der Waals surface area contributed by atoms with Gasteiger partial charge in [-0.25, -0.2) is 0 Å². The van der Waals surface area contributed by atoms with Gasteiger partial charge in [0.25, 0.3) is 0 Å². The summed E-state index contributed by atoms with van der Waals surface area (Å²) < 4.78 is 5.17. The molecule has 0 saturated carbocycles. The van der Waals surface area contributed by atoms with Crippen molar-refractivity contribution in [2.45, 2.75) is 32.9 Å². The van der Waals surface area contributed by atoms with Crippen LogP contribution in [0.25, 0.3) is 0 Å². The van der Waals surface area contributed by atoms with Crippen LogP contribution in [0.5, 0.6) is 0 Å². The van der Waals surface area contributed by atoms with Crippen LogP contribution < -0.4 is 16.0 Å². The maximum atomic E-state index is 11.8. The minimum Gasteiger partial charge on any atom is -0.467 e. The average Bonchev–Trinajstić information content (AvgIpc) is 3.21. The van der Waals surface area contributed by atoms with Crippen LogP contribution in [-0.2, 0) is 17.8 Å². The summed E-state index contributed by atoms with van der Waals surface area (Å²) in [4.78, 5) is 18.6. The number of guanidine groups is 1. The molecule has 6 nitrogen and oxygen atoms in total. The molecule has 7 heteroatoms. The Morgan fingerprint density at radius 2 is 2.17 bits per heavy atom. The molecule has 0 aliphatic carbocycles. The molecule has 0 bridgehead atoms. The van der Waals surface area contributed by atoms with Gasteiger partial charge in [-0.2, -0.15) is 0 Å². The third-order valence-electron chi connectivity index (χ3n) is 3.37. The predicted molar refractivity (Wildman–Crippen MR) is 97.3 cm³/mol. The smallest absolute Gasteiger partial charge is 0.239 e. The number of carbonyl (C=O) groups excluding carboxylic acids is 1. The molecular formula is C17H24N4O2S. The Morgan fingerprint density at radius 1 is 1.33 bits per heavy atom. The summed E-state index contributed by atoms with van der Waals surface area (Å²) in [5.74, 6) is 1.23. The fraction of sp³-hybridized carbons (Fsp3) is 0.412. The molecule has 1 atom stereocenters. The van der Waals surface area contributed by atoms with E-state index in [-0.39, 0.29) is 18.5 Å². The Bertz CT molecular complexity index is 664. The lowest BCUT2D eigenvalue weighted by Crippen LogP contribution is -2.46. The van der Waals surface area contributed by atoms with Crippen molar-refractivity contribution in [3.8, 4) is 0 Å². The number of amides is 1. The lowest BCUT2D eigenvalue weighted by atomic mass is 10.2. The SMILES string of the molecule is CN=C(NCC(=O)NCc1ccco1)NC(C)Cc1ccc(C)s1. The molecule has 2 aromatic rings. The monoisotopic (exact) mass is 348 g/mol. The zero-order valence-corrected chi connectivity index (χ0v) is 15.1. The van der Waals surface area contributed by atoms with Crippen molar-refractivity contribution in [3.05, 3.63) is 46.0 Å². The molecule has 0 fully saturated rings. The highest BCUT2D eigenvalue weighted by atomic mass is 32.1. The summed E-state index contributed by atoms with van der Waals surface area (Å²) in [6.07, 6.45) is 2.51. The first-order chi connectivity index (χ1) is 11.6. The Kier molecular flexibility index (Phi) is 6.87. The number of carbonyl (C=O) groups is 1. The second-order valence-corrected chi connectivity index (χ2v) is 6.92. The van der Waals surface area contributed by atoms with Crippen molar-refractivity contribution < 1.29 is 9.21 Å². The van der Waals surface area contributed by atoms with Gasteiger partial charge in [0, 0.05) is 29.3 Å². The van der Waals surface area contributed by atoms with Gasteiger partial charge in [0.05, 0.1) is 19.4 Å². The number of furan rings is 1. The Labute approximate surface area is 146 Å². The molecular weight excluding hydrogens is 324 g/mol. The largest absolute Gasteiger partial charge is 0.467 e. The second kappa shape index (κ2) is 9.12. The van der Waals surface area contributed by atoms with Crippen molar-refractivity contribution in [3.63, 3.8) is 0 Å². The number of nitrogens with one attached hydrogen (secondary N) is 3. The number of aliphatic imine (C=N–C) groups is 1. The Hall–Kier alpha value is -2.28. The molecule has 130 valence electrons. The normalized spacial score (nSPS) is 12.7. The van der Waals surface area contributed by atoms with Crippen molar-refractivity contribution in [2.75, 3.05) is 13.6 Å². The fourth-order valence-corrected chi connectivity index (χ4v) is 3.22. The van der Waals surface area contributed by atoms with E-state index in [0.29, 0.717) is 12.5 Å². The summed E-state index contributed by atoms with van der Waals surface area (Å²) >= 11 is 1.80. The number of thiophene rings is 1. The molecule has 3 N–H and O–H groups in total. The highest BCUT2D eigenvalue weighted by molar-refractivity contribution is 7.11. The molecule has 24 heavy (non-hydrogen) atoms. The first-order valence-corrected chi connectivity index (χ1v) is 8.70. The van der Waals surface area contributed by atoms with E-state index in [0.717, 1.165) is 12.2 Å². The number of nitrogens with zero attached hydrogens (tertiary/aromatic N) is 1. The zero-order chi connectivity index (χ0) is 17.4. The maximum Gasteiger partial charge on any atom is 0.239 e. The standard InChI is InChI=1S/C17H24N4O2S/c1-12(9-15-7-6-13(2)24-15)21-17(18-3)20-11-16(22)19-10-14-5-4-8-23-14/h4-8,12H,9-11H2,1-3H3,(H,19,22)(H2,18,20,21). The number of hydrogen-bond donors (Lipinski definition) is 3. The van der Waals surface area contributed by atoms with Crippen LogP contribution in [-0.4, -0.2) is 31.5 Å². The number of aryl methyl sites for hydroxylation is 1. The van der Waals surface area contributed by atoms with Crippen LogP contribution in [0.1, 0.15) is 22.4 Å². The van der Waals surface area contributed by atoms with Gasteiger partial charge >= 0.3 is 0 Å². The molecule has 0 spiro atoms. The Balaban J connectivity index is 1.70. The first-order valence-electron chi connectivity index (χ1n) is 7.88. The van der Waals surface area contributed by atoms with Gasteiger partial charge in [-0.05, 0) is 38.1 Å².